The summed E-state index contributed by atoms with van der Waals surface area (Å²) in [5.74, 6) is 0.0433. The predicted molar refractivity (Wildman–Crippen MR) is 49.1 cm³/mol. The number of hydrogen-bond acceptors (Lipinski definition) is 2. The zero-order valence-corrected chi connectivity index (χ0v) is 7.22. The summed E-state index contributed by atoms with van der Waals surface area (Å²) < 4.78 is 0. The number of carbonyl (C=O) groups excluding carboxylic acids is 1. The molecule has 0 aliphatic heterocycles. The molecule has 0 saturated carbocycles. The van der Waals surface area contributed by atoms with Crippen LogP contribution in [-0.4, -0.2) is 12.0 Å². The molecule has 0 fully saturated rings. The monoisotopic (exact) mass is 161 g/mol. The van der Waals surface area contributed by atoms with E-state index in [1.54, 1.807) is 6.07 Å². The molecule has 62 valence electrons. The third kappa shape index (κ3) is 1.78. The van der Waals surface area contributed by atoms with Gasteiger partial charge in [0.15, 0.2) is 5.78 Å². The fourth-order valence-corrected chi connectivity index (χ4v) is 1.10. The van der Waals surface area contributed by atoms with Crippen LogP contribution in [0, 0.1) is 12.3 Å². The molecule has 0 unspecified atom stereocenters. The zero-order valence-electron chi connectivity index (χ0n) is 7.22. The second-order valence-electron chi connectivity index (χ2n) is 2.83. The number of Topliss-reactive ketones (excluding diaryl/α,β-unsaturated/α-hetero) is 1. The van der Waals surface area contributed by atoms with Crippen molar-refractivity contribution in [3.8, 4) is 0 Å². The van der Waals surface area contributed by atoms with E-state index in [1.165, 1.54) is 13.1 Å². The maximum atomic E-state index is 11.0. The van der Waals surface area contributed by atoms with E-state index in [0.717, 1.165) is 11.1 Å². The minimum Gasteiger partial charge on any atom is -0.308 e. The molecule has 0 amide bonds. The molecule has 0 saturated heterocycles. The Bertz CT molecular complexity index is 329. The quantitative estimate of drug-likeness (QED) is 0.524. The minimum absolute atomic E-state index is 0.0433. The summed E-state index contributed by atoms with van der Waals surface area (Å²) in [6.45, 7) is 3.45. The molecule has 1 aromatic carbocycles. The average Bonchev–Trinajstić information content (AvgIpc) is 2.03. The van der Waals surface area contributed by atoms with Crippen LogP contribution in [0.25, 0.3) is 0 Å². The number of hydrogen-bond donors (Lipinski definition) is 1. The number of aryl methyl sites for hydroxylation is 1. The van der Waals surface area contributed by atoms with E-state index >= 15 is 0 Å². The first-order valence-corrected chi connectivity index (χ1v) is 3.76. The predicted octanol–water partition coefficient (Wildman–Crippen LogP) is 2.20. The zero-order chi connectivity index (χ0) is 9.14. The van der Waals surface area contributed by atoms with E-state index in [-0.39, 0.29) is 5.78 Å². The molecule has 1 N–H and O–H groups in total. The highest BCUT2D eigenvalue weighted by molar-refractivity contribution is 5.96. The fourth-order valence-electron chi connectivity index (χ4n) is 1.10. The highest BCUT2D eigenvalue weighted by Gasteiger charge is 2.00. The third-order valence-electron chi connectivity index (χ3n) is 1.67. The lowest BCUT2D eigenvalue weighted by atomic mass is 10.0. The van der Waals surface area contributed by atoms with Crippen LogP contribution in [0.4, 0.5) is 0 Å². The largest absolute Gasteiger partial charge is 0.308 e. The molecule has 2 nitrogen and oxygen atoms in total. The SMILES string of the molecule is CC(=O)c1cc(C)cc(C=N)c1. The highest BCUT2D eigenvalue weighted by atomic mass is 16.1. The van der Waals surface area contributed by atoms with E-state index in [9.17, 15) is 4.79 Å². The first-order chi connectivity index (χ1) is 5.63. The van der Waals surface area contributed by atoms with Crippen molar-refractivity contribution in [1.82, 2.24) is 0 Å². The van der Waals surface area contributed by atoms with Gasteiger partial charge in [0.05, 0.1) is 0 Å². The van der Waals surface area contributed by atoms with Crippen molar-refractivity contribution in [3.05, 3.63) is 34.9 Å². The topological polar surface area (TPSA) is 40.9 Å². The van der Waals surface area contributed by atoms with Gasteiger partial charge in [-0.05, 0) is 37.1 Å². The van der Waals surface area contributed by atoms with Crippen molar-refractivity contribution < 1.29 is 4.79 Å². The number of carbonyl (C=O) groups is 1. The van der Waals surface area contributed by atoms with E-state index in [1.807, 2.05) is 19.1 Å². The number of benzene rings is 1. The van der Waals surface area contributed by atoms with E-state index in [2.05, 4.69) is 0 Å². The lowest BCUT2D eigenvalue weighted by molar-refractivity contribution is 0.101. The normalized spacial score (nSPS) is 9.50. The fraction of sp³-hybridized carbons (Fsp3) is 0.200. The van der Waals surface area contributed by atoms with Gasteiger partial charge >= 0.3 is 0 Å². The van der Waals surface area contributed by atoms with Gasteiger partial charge in [0.25, 0.3) is 0 Å². The van der Waals surface area contributed by atoms with Crippen LogP contribution in [0.1, 0.15) is 28.4 Å². The van der Waals surface area contributed by atoms with Crippen LogP contribution >= 0.6 is 0 Å². The van der Waals surface area contributed by atoms with Gasteiger partial charge in [-0.15, -0.1) is 0 Å². The Balaban J connectivity index is 3.23. The van der Waals surface area contributed by atoms with Crippen LogP contribution in [0.5, 0.6) is 0 Å². The Labute approximate surface area is 71.7 Å². The van der Waals surface area contributed by atoms with Crippen molar-refractivity contribution in [1.29, 1.82) is 5.41 Å². The molecule has 0 aliphatic carbocycles. The molecule has 1 aromatic rings. The molecular weight excluding hydrogens is 150 g/mol. The molecular formula is C10H11NO. The molecule has 1 rings (SSSR count). The van der Waals surface area contributed by atoms with Gasteiger partial charge in [0.1, 0.15) is 0 Å². The molecule has 0 radical (unpaired) electrons. The van der Waals surface area contributed by atoms with Gasteiger partial charge < -0.3 is 5.41 Å². The Morgan fingerprint density at radius 1 is 1.42 bits per heavy atom. The molecule has 0 bridgehead atoms. The van der Waals surface area contributed by atoms with Crippen LogP contribution in [-0.2, 0) is 0 Å². The Kier molecular flexibility index (Phi) is 2.38. The van der Waals surface area contributed by atoms with Crippen molar-refractivity contribution in [2.45, 2.75) is 13.8 Å². The number of ketones is 1. The summed E-state index contributed by atoms with van der Waals surface area (Å²) in [6.07, 6.45) is 1.25. The molecule has 2 heteroatoms. The molecule has 12 heavy (non-hydrogen) atoms. The second kappa shape index (κ2) is 3.30. The molecule has 0 aliphatic rings. The Morgan fingerprint density at radius 2 is 2.08 bits per heavy atom. The first kappa shape index (κ1) is 8.65. The van der Waals surface area contributed by atoms with Crippen molar-refractivity contribution in [2.24, 2.45) is 0 Å². The number of rotatable bonds is 2. The summed E-state index contributed by atoms with van der Waals surface area (Å²) in [5, 5.41) is 7.04. The summed E-state index contributed by atoms with van der Waals surface area (Å²) >= 11 is 0. The minimum atomic E-state index is 0.0433. The van der Waals surface area contributed by atoms with Crippen molar-refractivity contribution in [2.75, 3.05) is 0 Å². The standard InChI is InChI=1S/C10H11NO/c1-7-3-9(6-11)5-10(4-7)8(2)12/h3-6,11H,1-2H3. The second-order valence-corrected chi connectivity index (χ2v) is 2.83. The van der Waals surface area contributed by atoms with Gasteiger partial charge in [-0.3, -0.25) is 4.79 Å². The number of nitrogens with one attached hydrogen (secondary N) is 1. The summed E-state index contributed by atoms with van der Waals surface area (Å²) in [5.41, 5.74) is 2.47. The lowest BCUT2D eigenvalue weighted by Crippen LogP contribution is -1.94. The van der Waals surface area contributed by atoms with Crippen molar-refractivity contribution in [3.63, 3.8) is 0 Å². The van der Waals surface area contributed by atoms with Crippen molar-refractivity contribution >= 4 is 12.0 Å². The smallest absolute Gasteiger partial charge is 0.159 e. The van der Waals surface area contributed by atoms with E-state index in [0.29, 0.717) is 5.56 Å². The highest BCUT2D eigenvalue weighted by Crippen LogP contribution is 2.08. The summed E-state index contributed by atoms with van der Waals surface area (Å²) in [4.78, 5) is 11.0. The Hall–Kier alpha value is -1.44. The summed E-state index contributed by atoms with van der Waals surface area (Å²) in [7, 11) is 0. The van der Waals surface area contributed by atoms with Crippen LogP contribution < -0.4 is 0 Å². The van der Waals surface area contributed by atoms with E-state index < -0.39 is 0 Å². The molecule has 0 aromatic heterocycles. The van der Waals surface area contributed by atoms with E-state index in [4.69, 9.17) is 5.41 Å². The van der Waals surface area contributed by atoms with Gasteiger partial charge in [-0.25, -0.2) is 0 Å². The maximum absolute atomic E-state index is 11.0. The summed E-state index contributed by atoms with van der Waals surface area (Å²) in [6, 6.07) is 5.43. The molecule has 0 spiro atoms. The third-order valence-corrected chi connectivity index (χ3v) is 1.67. The first-order valence-electron chi connectivity index (χ1n) is 3.76. The maximum Gasteiger partial charge on any atom is 0.159 e. The lowest BCUT2D eigenvalue weighted by Gasteiger charge is -1.99. The van der Waals surface area contributed by atoms with Gasteiger partial charge in [0, 0.05) is 11.8 Å². The van der Waals surface area contributed by atoms with Crippen LogP contribution in [0.3, 0.4) is 0 Å². The van der Waals surface area contributed by atoms with Gasteiger partial charge in [0.2, 0.25) is 0 Å². The van der Waals surface area contributed by atoms with Gasteiger partial charge in [-0.2, -0.15) is 0 Å². The van der Waals surface area contributed by atoms with Gasteiger partial charge in [-0.1, -0.05) is 6.07 Å². The Morgan fingerprint density at radius 3 is 2.58 bits per heavy atom. The van der Waals surface area contributed by atoms with Crippen LogP contribution in [0.15, 0.2) is 18.2 Å². The molecule has 0 heterocycles. The average molecular weight is 161 g/mol. The van der Waals surface area contributed by atoms with Crippen LogP contribution in [0.2, 0.25) is 0 Å². The molecule has 0 atom stereocenters.